The number of carboxylic acids is 1. The molecule has 3 saturated carbocycles. The van der Waals surface area contributed by atoms with Gasteiger partial charge in [0.25, 0.3) is 5.56 Å². The van der Waals surface area contributed by atoms with E-state index in [4.69, 9.17) is 9.47 Å². The quantitative estimate of drug-likeness (QED) is 0.179. The Morgan fingerprint density at radius 3 is 2.32 bits per heavy atom. The van der Waals surface area contributed by atoms with Gasteiger partial charge < -0.3 is 19.9 Å². The van der Waals surface area contributed by atoms with Crippen LogP contribution < -0.4 is 15.6 Å². The summed E-state index contributed by atoms with van der Waals surface area (Å²) >= 11 is 0. The minimum Gasteiger partial charge on any atom is -0.481 e. The summed E-state index contributed by atoms with van der Waals surface area (Å²) in [5.74, 6) is -0.0616. The van der Waals surface area contributed by atoms with Crippen molar-refractivity contribution in [3.63, 3.8) is 0 Å². The van der Waals surface area contributed by atoms with Gasteiger partial charge in [-0.05, 0) is 129 Å². The van der Waals surface area contributed by atoms with Crippen molar-refractivity contribution in [2.24, 2.45) is 44.8 Å². The van der Waals surface area contributed by atoms with Crippen LogP contribution in [0, 0.1) is 44.8 Å². The molecule has 6 rings (SSSR count). The Labute approximate surface area is 352 Å². The summed E-state index contributed by atoms with van der Waals surface area (Å²) in [7, 11) is 3.50. The van der Waals surface area contributed by atoms with Gasteiger partial charge in [0.15, 0.2) is 5.78 Å². The first-order chi connectivity index (χ1) is 27.5. The summed E-state index contributed by atoms with van der Waals surface area (Å²) in [6.45, 7) is 22.5. The third-order valence-corrected chi connectivity index (χ3v) is 16.0. The number of hydrogen-bond acceptors (Lipinski definition) is 8. The van der Waals surface area contributed by atoms with Crippen molar-refractivity contribution >= 4 is 17.7 Å². The Balaban J connectivity index is 1.37. The van der Waals surface area contributed by atoms with Gasteiger partial charge in [-0.1, -0.05) is 61.8 Å². The standard InChI is InChI=1S/C48H72N4O7/c1-30(2)40-33(53)27-48(35-26-38(54)52(51(35)25-24-49-11)31-14-17-37(58-12)50-29-31)23-22-46(9)32(41(40)48)15-16-34-45(8,19-13-20-47(34,46)10)21-18-36(43(3,4)5)59-39(55)28-44(6,7)42(56)57/h14,17,26,29-30,32,34,36,49H,13,15-16,18-25,27-28H2,1-12H3,(H,56,57)/t32-,34-,36+,45-,46-,47-,48+/m1/s1. The highest BCUT2D eigenvalue weighted by Crippen LogP contribution is 2.74. The molecule has 0 aliphatic heterocycles. The summed E-state index contributed by atoms with van der Waals surface area (Å²) in [5.41, 5.74) is 1.63. The lowest BCUT2D eigenvalue weighted by molar-refractivity contribution is -0.172. The molecule has 11 nitrogen and oxygen atoms in total. The molecule has 7 atom stereocenters. The molecule has 326 valence electrons. The van der Waals surface area contributed by atoms with E-state index in [1.54, 1.807) is 37.9 Å². The number of nitrogens with zero attached hydrogens (tertiary/aromatic N) is 3. The molecule has 0 amide bonds. The number of likely N-dealkylation sites (N-methyl/N-ethyl adjacent to an activating group) is 1. The number of carbonyl (C=O) groups excluding carboxylic acids is 2. The maximum Gasteiger partial charge on any atom is 0.309 e. The van der Waals surface area contributed by atoms with Crippen LogP contribution >= 0.6 is 0 Å². The van der Waals surface area contributed by atoms with Gasteiger partial charge in [-0.3, -0.25) is 23.9 Å². The molecular weight excluding hydrogens is 745 g/mol. The molecule has 4 aliphatic rings. The predicted molar refractivity (Wildman–Crippen MR) is 230 cm³/mol. The first-order valence-corrected chi connectivity index (χ1v) is 22.2. The van der Waals surface area contributed by atoms with Gasteiger partial charge in [-0.25, -0.2) is 9.67 Å². The van der Waals surface area contributed by atoms with Crippen LogP contribution in [0.3, 0.4) is 0 Å². The first kappa shape index (κ1) is 44.8. The second kappa shape index (κ2) is 15.9. The van der Waals surface area contributed by atoms with E-state index in [9.17, 15) is 24.3 Å². The number of fused-ring (bicyclic) bond motifs is 5. The van der Waals surface area contributed by atoms with Crippen molar-refractivity contribution < 1.29 is 29.0 Å². The molecule has 2 N–H and O–H groups in total. The number of rotatable bonds is 14. The number of aliphatic carboxylic acids is 1. The number of carbonyl (C=O) groups is 3. The van der Waals surface area contributed by atoms with E-state index in [0.29, 0.717) is 37.0 Å². The molecule has 0 spiro atoms. The number of pyridine rings is 1. The molecule has 0 unspecified atom stereocenters. The van der Waals surface area contributed by atoms with Gasteiger partial charge in [0.1, 0.15) is 6.10 Å². The Kier molecular flexibility index (Phi) is 12.1. The number of methoxy groups -OCH3 is 1. The van der Waals surface area contributed by atoms with Crippen LogP contribution in [0.25, 0.3) is 5.69 Å². The molecular formula is C48H72N4O7. The second-order valence-corrected chi connectivity index (χ2v) is 21.4. The second-order valence-electron chi connectivity index (χ2n) is 21.4. The van der Waals surface area contributed by atoms with Crippen LogP contribution in [0.1, 0.15) is 146 Å². The highest BCUT2D eigenvalue weighted by atomic mass is 16.5. The molecule has 59 heavy (non-hydrogen) atoms. The van der Waals surface area contributed by atoms with Crippen molar-refractivity contribution in [2.75, 3.05) is 20.7 Å². The maximum atomic E-state index is 14.5. The summed E-state index contributed by atoms with van der Waals surface area (Å²) in [5, 5.41) is 13.0. The SMILES string of the molecule is CNCCn1c([C@@]23CC[C@]4(C)[C@H](CC[C@@H]5[C@@](C)(CC[C@H](OC(=O)CC(C)(C)C(=O)O)C(C)(C)C)CCC[C@]54C)C2=C(C(C)C)C(=O)C3)cc(=O)n1-c1ccc(OC)nc1. The zero-order valence-electron chi connectivity index (χ0n) is 38.0. The van der Waals surface area contributed by atoms with E-state index >= 15 is 0 Å². The monoisotopic (exact) mass is 817 g/mol. The Bertz CT molecular complexity index is 2020. The number of ketones is 1. The molecule has 4 aliphatic carbocycles. The predicted octanol–water partition coefficient (Wildman–Crippen LogP) is 8.69. The van der Waals surface area contributed by atoms with Crippen LogP contribution in [0.5, 0.6) is 5.88 Å². The van der Waals surface area contributed by atoms with Crippen molar-refractivity contribution in [3.05, 3.63) is 51.6 Å². The Morgan fingerprint density at radius 2 is 1.73 bits per heavy atom. The fraction of sp³-hybridized carbons (Fsp3) is 0.729. The van der Waals surface area contributed by atoms with E-state index in [-0.39, 0.29) is 57.4 Å². The van der Waals surface area contributed by atoms with Crippen LogP contribution in [0.2, 0.25) is 0 Å². The van der Waals surface area contributed by atoms with Crippen molar-refractivity contribution in [1.82, 2.24) is 19.7 Å². The lowest BCUT2D eigenvalue weighted by Crippen LogP contribution is -2.61. The molecule has 0 aromatic carbocycles. The largest absolute Gasteiger partial charge is 0.481 e. The molecule has 11 heteroatoms. The fourth-order valence-electron chi connectivity index (χ4n) is 12.6. The number of ether oxygens (including phenoxy) is 2. The molecule has 0 saturated heterocycles. The normalized spacial score (nSPS) is 30.2. The number of carboxylic acid groups (broad SMARTS) is 1. The smallest absolute Gasteiger partial charge is 0.309 e. The van der Waals surface area contributed by atoms with Crippen LogP contribution in [-0.4, -0.2) is 64.0 Å². The molecule has 2 aromatic heterocycles. The zero-order valence-corrected chi connectivity index (χ0v) is 38.0. The Morgan fingerprint density at radius 1 is 1.02 bits per heavy atom. The number of allylic oxidation sites excluding steroid dienone is 2. The summed E-state index contributed by atoms with van der Waals surface area (Å²) in [4.78, 5) is 58.2. The van der Waals surface area contributed by atoms with E-state index in [0.717, 1.165) is 69.1 Å². The van der Waals surface area contributed by atoms with E-state index in [2.05, 4.69) is 70.4 Å². The maximum absolute atomic E-state index is 14.5. The molecule has 0 bridgehead atoms. The summed E-state index contributed by atoms with van der Waals surface area (Å²) in [6, 6.07) is 5.46. The van der Waals surface area contributed by atoms with Gasteiger partial charge in [-0.15, -0.1) is 0 Å². The van der Waals surface area contributed by atoms with Crippen molar-refractivity contribution in [3.8, 4) is 11.6 Å². The third kappa shape index (κ3) is 7.64. The molecule has 2 heterocycles. The number of aromatic nitrogens is 3. The molecule has 3 fully saturated rings. The lowest BCUT2D eigenvalue weighted by Gasteiger charge is -2.68. The summed E-state index contributed by atoms with van der Waals surface area (Å²) < 4.78 is 15.3. The Hall–Kier alpha value is -3.73. The first-order valence-electron chi connectivity index (χ1n) is 22.2. The van der Waals surface area contributed by atoms with Gasteiger partial charge in [0, 0.05) is 30.5 Å². The molecule has 2 aromatic rings. The minimum absolute atomic E-state index is 0.00170. The fourth-order valence-corrected chi connectivity index (χ4v) is 12.6. The van der Waals surface area contributed by atoms with E-state index in [1.807, 2.05) is 19.2 Å². The van der Waals surface area contributed by atoms with E-state index in [1.165, 1.54) is 5.57 Å². The van der Waals surface area contributed by atoms with Gasteiger partial charge in [0.05, 0.1) is 43.1 Å². The van der Waals surface area contributed by atoms with Gasteiger partial charge >= 0.3 is 11.9 Å². The average Bonchev–Trinajstić information content (AvgIpc) is 3.65. The number of Topliss-reactive ketones (excluding diaryl/α,β-unsaturated/α-hetero) is 1. The van der Waals surface area contributed by atoms with E-state index < -0.39 is 22.8 Å². The molecule has 0 radical (unpaired) electrons. The lowest BCUT2D eigenvalue weighted by atomic mass is 9.36. The summed E-state index contributed by atoms with van der Waals surface area (Å²) in [6.07, 6.45) is 10.3. The topological polar surface area (TPSA) is 142 Å². The minimum atomic E-state index is -1.20. The number of hydrogen-bond donors (Lipinski definition) is 2. The number of esters is 1. The van der Waals surface area contributed by atoms with Crippen molar-refractivity contribution in [2.45, 2.75) is 158 Å². The van der Waals surface area contributed by atoms with Crippen LogP contribution in [0.4, 0.5) is 0 Å². The highest BCUT2D eigenvalue weighted by Gasteiger charge is 2.67. The number of nitrogens with one attached hydrogen (secondary N) is 1. The van der Waals surface area contributed by atoms with Crippen molar-refractivity contribution in [1.29, 1.82) is 0 Å². The van der Waals surface area contributed by atoms with Gasteiger partial charge in [-0.2, -0.15) is 0 Å². The zero-order chi connectivity index (χ0) is 43.5. The highest BCUT2D eigenvalue weighted by molar-refractivity contribution is 6.01. The third-order valence-electron chi connectivity index (χ3n) is 16.0. The van der Waals surface area contributed by atoms with Crippen LogP contribution in [0.15, 0.2) is 40.3 Å². The average molecular weight is 817 g/mol. The van der Waals surface area contributed by atoms with Gasteiger partial charge in [0.2, 0.25) is 5.88 Å². The van der Waals surface area contributed by atoms with Crippen LogP contribution in [-0.2, 0) is 31.1 Å².